The van der Waals surface area contributed by atoms with Crippen LogP contribution in [0.5, 0.6) is 17.2 Å². The first-order valence-corrected chi connectivity index (χ1v) is 16.8. The number of hydrogen-bond acceptors (Lipinski definition) is 11. The molecule has 3 aromatic carbocycles. The smallest absolute Gasteiger partial charge is 0.198 e. The molecule has 0 bridgehead atoms. The molecule has 0 radical (unpaired) electrons. The van der Waals surface area contributed by atoms with Gasteiger partial charge in [-0.1, -0.05) is 13.0 Å². The van der Waals surface area contributed by atoms with Gasteiger partial charge >= 0.3 is 0 Å². The van der Waals surface area contributed by atoms with Crippen molar-refractivity contribution in [1.29, 1.82) is 0 Å². The number of ketones is 3. The Kier molecular flexibility index (Phi) is 8.61. The highest BCUT2D eigenvalue weighted by atomic mass is 16.7. The van der Waals surface area contributed by atoms with Gasteiger partial charge in [-0.3, -0.25) is 14.4 Å². The first kappa shape index (κ1) is 33.4. The van der Waals surface area contributed by atoms with Crippen LogP contribution in [0.25, 0.3) is 10.8 Å². The SMILES string of the molecule is Cc1cc(O)c2cc3c(c(O)c2c1)C(=O)c1ccc(C2CC(C)C(OC4CCC(OC5C=CC(=O)C(C)O5)C(C)O4)C(O)C2)c(O)c1C3=O. The van der Waals surface area contributed by atoms with Crippen molar-refractivity contribution in [3.05, 3.63) is 75.9 Å². The van der Waals surface area contributed by atoms with Crippen LogP contribution in [0.4, 0.5) is 0 Å². The maximum atomic E-state index is 13.9. The molecule has 49 heavy (non-hydrogen) atoms. The van der Waals surface area contributed by atoms with E-state index in [0.717, 1.165) is 0 Å². The molecule has 11 heteroatoms. The van der Waals surface area contributed by atoms with Gasteiger partial charge in [0, 0.05) is 28.3 Å². The molecule has 0 aromatic heterocycles. The van der Waals surface area contributed by atoms with E-state index in [-0.39, 0.29) is 80.8 Å². The number of aliphatic hydroxyl groups excluding tert-OH is 1. The summed E-state index contributed by atoms with van der Waals surface area (Å²) < 4.78 is 24.1. The predicted molar refractivity (Wildman–Crippen MR) is 176 cm³/mol. The monoisotopic (exact) mass is 672 g/mol. The molecule has 1 saturated carbocycles. The number of phenols is 3. The molecule has 3 aromatic rings. The summed E-state index contributed by atoms with van der Waals surface area (Å²) in [5.41, 5.74) is 0.682. The summed E-state index contributed by atoms with van der Waals surface area (Å²) in [5.74, 6) is -2.68. The summed E-state index contributed by atoms with van der Waals surface area (Å²) in [5, 5.41) is 44.9. The minimum absolute atomic E-state index is 0.0178. The molecular formula is C38H40O11. The van der Waals surface area contributed by atoms with E-state index in [2.05, 4.69) is 0 Å². The molecule has 0 spiro atoms. The normalized spacial score (nSPS) is 31.5. The van der Waals surface area contributed by atoms with Crippen molar-refractivity contribution in [3.63, 3.8) is 0 Å². The minimum atomic E-state index is -0.898. The van der Waals surface area contributed by atoms with Crippen molar-refractivity contribution < 1.29 is 53.8 Å². The number of phenolic OH excluding ortho intramolecular Hbond substituents is 3. The highest BCUT2D eigenvalue weighted by molar-refractivity contribution is 6.32. The molecule has 4 aliphatic rings. The Balaban J connectivity index is 1.05. The third-order valence-corrected chi connectivity index (χ3v) is 10.4. The van der Waals surface area contributed by atoms with E-state index in [1.54, 1.807) is 32.1 Å². The number of rotatable bonds is 5. The van der Waals surface area contributed by atoms with Crippen LogP contribution in [0.3, 0.4) is 0 Å². The lowest BCUT2D eigenvalue weighted by atomic mass is 9.73. The molecule has 1 saturated heterocycles. The van der Waals surface area contributed by atoms with E-state index < -0.39 is 48.2 Å². The average Bonchev–Trinajstić information content (AvgIpc) is 3.04. The van der Waals surface area contributed by atoms with Crippen LogP contribution in [0, 0.1) is 12.8 Å². The van der Waals surface area contributed by atoms with Gasteiger partial charge in [0.1, 0.15) is 23.4 Å². The van der Waals surface area contributed by atoms with E-state index in [1.807, 2.05) is 13.8 Å². The summed E-state index contributed by atoms with van der Waals surface area (Å²) in [6.07, 6.45) is 1.22. The van der Waals surface area contributed by atoms with Crippen LogP contribution >= 0.6 is 0 Å². The zero-order chi connectivity index (χ0) is 34.9. The Morgan fingerprint density at radius 2 is 1.55 bits per heavy atom. The number of carbonyl (C=O) groups excluding carboxylic acids is 3. The second-order valence-corrected chi connectivity index (χ2v) is 13.9. The predicted octanol–water partition coefficient (Wildman–Crippen LogP) is 5.08. The topological polar surface area (TPSA) is 169 Å². The number of benzene rings is 3. The van der Waals surface area contributed by atoms with Crippen LogP contribution in [-0.4, -0.2) is 80.9 Å². The van der Waals surface area contributed by atoms with Gasteiger partial charge in [0.05, 0.1) is 35.5 Å². The number of aromatic hydroxyl groups is 3. The molecule has 2 aliphatic carbocycles. The van der Waals surface area contributed by atoms with Crippen molar-refractivity contribution in [2.24, 2.45) is 5.92 Å². The van der Waals surface area contributed by atoms with Gasteiger partial charge in [-0.25, -0.2) is 0 Å². The lowest BCUT2D eigenvalue weighted by molar-refractivity contribution is -0.278. The number of ether oxygens (including phenoxy) is 4. The molecule has 7 rings (SSSR count). The Morgan fingerprint density at radius 3 is 2.27 bits per heavy atom. The van der Waals surface area contributed by atoms with Crippen molar-refractivity contribution in [1.82, 2.24) is 0 Å². The lowest BCUT2D eigenvalue weighted by Gasteiger charge is -2.42. The Hall–Kier alpha value is -4.13. The van der Waals surface area contributed by atoms with Crippen LogP contribution in [-0.2, 0) is 23.7 Å². The van der Waals surface area contributed by atoms with E-state index in [0.29, 0.717) is 30.4 Å². The lowest BCUT2D eigenvalue weighted by Crippen LogP contribution is -2.48. The molecule has 9 atom stereocenters. The third kappa shape index (κ3) is 5.83. The largest absolute Gasteiger partial charge is 0.507 e. The van der Waals surface area contributed by atoms with Crippen LogP contribution in [0.15, 0.2) is 42.5 Å². The zero-order valence-corrected chi connectivity index (χ0v) is 27.7. The molecule has 2 heterocycles. The average molecular weight is 673 g/mol. The molecule has 9 unspecified atom stereocenters. The van der Waals surface area contributed by atoms with Crippen LogP contribution < -0.4 is 0 Å². The number of fused-ring (bicyclic) bond motifs is 3. The number of carbonyl (C=O) groups is 3. The number of aryl methyl sites for hydroxylation is 1. The van der Waals surface area contributed by atoms with E-state index in [1.165, 1.54) is 24.3 Å². The Bertz CT molecular complexity index is 1880. The van der Waals surface area contributed by atoms with Crippen molar-refractivity contribution >= 4 is 28.1 Å². The van der Waals surface area contributed by atoms with Crippen molar-refractivity contribution in [2.75, 3.05) is 0 Å². The van der Waals surface area contributed by atoms with Crippen molar-refractivity contribution in [2.45, 2.75) is 102 Å². The maximum Gasteiger partial charge on any atom is 0.198 e. The maximum absolute atomic E-state index is 13.9. The fourth-order valence-corrected chi connectivity index (χ4v) is 7.86. The van der Waals surface area contributed by atoms with E-state index in [4.69, 9.17) is 18.9 Å². The molecule has 4 N–H and O–H groups in total. The van der Waals surface area contributed by atoms with Gasteiger partial charge < -0.3 is 39.4 Å². The van der Waals surface area contributed by atoms with Gasteiger partial charge in [0.2, 0.25) is 0 Å². The second kappa shape index (κ2) is 12.6. The highest BCUT2D eigenvalue weighted by Crippen LogP contribution is 2.47. The molecule has 258 valence electrons. The minimum Gasteiger partial charge on any atom is -0.507 e. The third-order valence-electron chi connectivity index (χ3n) is 10.4. The summed E-state index contributed by atoms with van der Waals surface area (Å²) in [6.45, 7) is 7.26. The zero-order valence-electron chi connectivity index (χ0n) is 27.7. The fourth-order valence-electron chi connectivity index (χ4n) is 7.86. The molecule has 11 nitrogen and oxygen atoms in total. The quantitative estimate of drug-likeness (QED) is 0.223. The highest BCUT2D eigenvalue weighted by Gasteiger charge is 2.42. The molecule has 2 aliphatic heterocycles. The van der Waals surface area contributed by atoms with Gasteiger partial charge in [0.25, 0.3) is 0 Å². The van der Waals surface area contributed by atoms with E-state index >= 15 is 0 Å². The first-order chi connectivity index (χ1) is 23.3. The molecule has 2 fully saturated rings. The van der Waals surface area contributed by atoms with Gasteiger partial charge in [-0.15, -0.1) is 0 Å². The summed E-state index contributed by atoms with van der Waals surface area (Å²) in [7, 11) is 0. The van der Waals surface area contributed by atoms with E-state index in [9.17, 15) is 34.8 Å². The van der Waals surface area contributed by atoms with Gasteiger partial charge in [-0.2, -0.15) is 0 Å². The molecule has 0 amide bonds. The van der Waals surface area contributed by atoms with Crippen molar-refractivity contribution in [3.8, 4) is 17.2 Å². The van der Waals surface area contributed by atoms with Crippen LogP contribution in [0.2, 0.25) is 0 Å². The second-order valence-electron chi connectivity index (χ2n) is 13.9. The fraction of sp³-hybridized carbons (Fsp3) is 0.447. The molecular weight excluding hydrogens is 632 g/mol. The Labute approximate surface area is 283 Å². The Morgan fingerprint density at radius 1 is 0.816 bits per heavy atom. The van der Waals surface area contributed by atoms with Gasteiger partial charge in [-0.05, 0) is 99.4 Å². The number of hydrogen-bond donors (Lipinski definition) is 4. The standard InChI is InChI=1S/C38H40O11/c1-16-11-24-23(27(40)12-16)15-25-33(36(24)44)35(43)22-6-5-21(34(42)32(22)37(25)45)20-13-17(2)38(28(41)14-20)49-31-10-8-29(19(4)47-31)48-30-9-7-26(39)18(3)46-30/h5-7,9,11-12,15,17-20,28-31,38,40-42,44H,8,10,13-14H2,1-4H3. The van der Waals surface area contributed by atoms with Crippen LogP contribution in [0.1, 0.15) is 95.3 Å². The summed E-state index contributed by atoms with van der Waals surface area (Å²) >= 11 is 0. The summed E-state index contributed by atoms with van der Waals surface area (Å²) in [4.78, 5) is 39.2. The number of aliphatic hydroxyl groups is 1. The first-order valence-electron chi connectivity index (χ1n) is 16.8. The summed E-state index contributed by atoms with van der Waals surface area (Å²) in [6, 6.07) is 7.62. The van der Waals surface area contributed by atoms with Gasteiger partial charge in [0.15, 0.2) is 29.9 Å².